The molecule has 10 heteroatoms. The number of rotatable bonds is 10. The van der Waals surface area contributed by atoms with Crippen molar-refractivity contribution < 1.29 is 32.3 Å². The molecule has 2 aromatic carbocycles. The summed E-state index contributed by atoms with van der Waals surface area (Å²) in [5.74, 6) is -1.71. The average molecular weight is 534 g/mol. The van der Waals surface area contributed by atoms with Crippen molar-refractivity contribution >= 4 is 17.8 Å². The topological polar surface area (TPSA) is 102 Å². The average Bonchev–Trinajstić information content (AvgIpc) is 3.40. The van der Waals surface area contributed by atoms with Crippen LogP contribution >= 0.6 is 0 Å². The molecule has 3 rings (SSSR count). The Hall–Kier alpha value is -3.40. The summed E-state index contributed by atoms with van der Waals surface area (Å²) < 4.78 is 43.9. The molecule has 1 aliphatic heterocycles. The van der Waals surface area contributed by atoms with Crippen LogP contribution in [0.2, 0.25) is 0 Å². The van der Waals surface area contributed by atoms with Crippen molar-refractivity contribution in [2.75, 3.05) is 6.54 Å². The van der Waals surface area contributed by atoms with Crippen LogP contribution in [-0.4, -0.2) is 47.4 Å². The molecule has 7 nitrogen and oxygen atoms in total. The van der Waals surface area contributed by atoms with Crippen LogP contribution in [0.5, 0.6) is 0 Å². The van der Waals surface area contributed by atoms with Crippen molar-refractivity contribution in [2.45, 2.75) is 70.4 Å². The van der Waals surface area contributed by atoms with Crippen LogP contribution < -0.4 is 11.1 Å². The Morgan fingerprint density at radius 1 is 1.08 bits per heavy atom. The zero-order chi connectivity index (χ0) is 27.9. The maximum absolute atomic E-state index is 13.5. The second-order valence-corrected chi connectivity index (χ2v) is 9.66. The van der Waals surface area contributed by atoms with Crippen molar-refractivity contribution in [3.63, 3.8) is 0 Å². The summed E-state index contributed by atoms with van der Waals surface area (Å²) in [6.45, 7) is 4.17. The van der Waals surface area contributed by atoms with Crippen molar-refractivity contribution in [1.82, 2.24) is 10.2 Å². The number of carbonyl (C=O) groups excluding carboxylic acids is 3. The van der Waals surface area contributed by atoms with Gasteiger partial charge >= 0.3 is 12.1 Å². The van der Waals surface area contributed by atoms with E-state index in [1.807, 2.05) is 44.2 Å². The third kappa shape index (κ3) is 7.56. The summed E-state index contributed by atoms with van der Waals surface area (Å²) >= 11 is 0. The minimum atomic E-state index is -4.46. The first-order chi connectivity index (χ1) is 18.0. The minimum absolute atomic E-state index is 0.00351. The Bertz CT molecular complexity index is 1090. The molecule has 0 aromatic heterocycles. The normalized spacial score (nSPS) is 17.9. The predicted molar refractivity (Wildman–Crippen MR) is 135 cm³/mol. The highest BCUT2D eigenvalue weighted by Crippen LogP contribution is 2.29. The van der Waals surface area contributed by atoms with E-state index in [-0.39, 0.29) is 24.9 Å². The van der Waals surface area contributed by atoms with E-state index in [4.69, 9.17) is 10.5 Å². The first kappa shape index (κ1) is 29.2. The number of ether oxygens (including phenoxy) is 1. The maximum Gasteiger partial charge on any atom is 0.416 e. The van der Waals surface area contributed by atoms with Gasteiger partial charge in [0.25, 0.3) is 0 Å². The highest BCUT2D eigenvalue weighted by molar-refractivity contribution is 5.92. The molecule has 3 N–H and O–H groups in total. The number of likely N-dealkylation sites (tertiary alicyclic amines) is 1. The Balaban J connectivity index is 1.64. The van der Waals surface area contributed by atoms with E-state index < -0.39 is 41.7 Å². The molecule has 38 heavy (non-hydrogen) atoms. The van der Waals surface area contributed by atoms with E-state index >= 15 is 0 Å². The molecule has 1 saturated heterocycles. The molecule has 1 heterocycles. The fraction of sp³-hybridized carbons (Fsp3) is 0.464. The monoisotopic (exact) mass is 533 g/mol. The molecule has 0 bridgehead atoms. The highest BCUT2D eigenvalue weighted by atomic mass is 19.4. The lowest BCUT2D eigenvalue weighted by molar-refractivity contribution is -0.155. The van der Waals surface area contributed by atoms with Gasteiger partial charge < -0.3 is 20.7 Å². The number of nitrogens with one attached hydrogen (secondary N) is 1. The molecule has 0 unspecified atom stereocenters. The van der Waals surface area contributed by atoms with E-state index in [1.165, 1.54) is 17.0 Å². The fourth-order valence-electron chi connectivity index (χ4n) is 4.40. The molecule has 1 fully saturated rings. The summed E-state index contributed by atoms with van der Waals surface area (Å²) in [5.41, 5.74) is 6.57. The van der Waals surface area contributed by atoms with Crippen molar-refractivity contribution in [3.05, 3.63) is 71.3 Å². The minimum Gasteiger partial charge on any atom is -0.459 e. The number of amides is 2. The number of halogens is 3. The Labute approximate surface area is 220 Å². The summed E-state index contributed by atoms with van der Waals surface area (Å²) in [5, 5.41) is 2.73. The lowest BCUT2D eigenvalue weighted by atomic mass is 9.96. The van der Waals surface area contributed by atoms with Crippen LogP contribution in [0.4, 0.5) is 13.2 Å². The largest absolute Gasteiger partial charge is 0.459 e. The second-order valence-electron chi connectivity index (χ2n) is 9.66. The molecule has 1 aliphatic rings. The zero-order valence-corrected chi connectivity index (χ0v) is 21.5. The van der Waals surface area contributed by atoms with Crippen LogP contribution in [0.3, 0.4) is 0 Å². The molecule has 0 saturated carbocycles. The van der Waals surface area contributed by atoms with Gasteiger partial charge in [0.2, 0.25) is 11.8 Å². The summed E-state index contributed by atoms with van der Waals surface area (Å²) in [6, 6.07) is 11.0. The Morgan fingerprint density at radius 2 is 1.74 bits per heavy atom. The highest BCUT2D eigenvalue weighted by Gasteiger charge is 2.40. The van der Waals surface area contributed by atoms with Crippen molar-refractivity contribution in [3.8, 4) is 0 Å². The van der Waals surface area contributed by atoms with Gasteiger partial charge in [-0.1, -0.05) is 62.7 Å². The lowest BCUT2D eigenvalue weighted by Crippen LogP contribution is -2.57. The molecule has 4 atom stereocenters. The first-order valence-electron chi connectivity index (χ1n) is 12.7. The SMILES string of the molecule is CC[C@@H](C)[C@H](NC(=O)[C@H](N)Cc1ccc(C(F)(F)F)cc1)C(=O)N1CCC[C@@H]1C(=O)OCc1ccccc1. The van der Waals surface area contributed by atoms with Crippen molar-refractivity contribution in [2.24, 2.45) is 11.7 Å². The molecule has 2 aromatic rings. The van der Waals surface area contributed by atoms with E-state index in [0.29, 0.717) is 31.4 Å². The first-order valence-corrected chi connectivity index (χ1v) is 12.7. The van der Waals surface area contributed by atoms with Gasteiger partial charge in [-0.2, -0.15) is 13.2 Å². The van der Waals surface area contributed by atoms with Gasteiger partial charge in [-0.3, -0.25) is 9.59 Å². The summed E-state index contributed by atoms with van der Waals surface area (Å²) in [6.07, 6.45) is -2.77. The van der Waals surface area contributed by atoms with Gasteiger partial charge in [0.05, 0.1) is 11.6 Å². The number of alkyl halides is 3. The van der Waals surface area contributed by atoms with Gasteiger partial charge in [-0.15, -0.1) is 0 Å². The number of esters is 1. The second kappa shape index (κ2) is 12.9. The number of benzene rings is 2. The third-order valence-corrected chi connectivity index (χ3v) is 6.88. The Kier molecular flexibility index (Phi) is 9.90. The quantitative estimate of drug-likeness (QED) is 0.452. The molecular weight excluding hydrogens is 499 g/mol. The number of nitrogens with two attached hydrogens (primary N) is 1. The van der Waals surface area contributed by atoms with Crippen LogP contribution in [-0.2, 0) is 38.3 Å². The summed E-state index contributed by atoms with van der Waals surface area (Å²) in [7, 11) is 0. The standard InChI is InChI=1S/C28H34F3N3O4/c1-3-18(2)24(33-25(35)22(32)16-19-11-13-21(14-12-19)28(29,30)31)26(36)34-15-7-10-23(34)27(37)38-17-20-8-5-4-6-9-20/h4-6,8-9,11-14,18,22-24H,3,7,10,15-17,32H2,1-2H3,(H,33,35)/t18-,22-,23-,24+/m1/s1. The molecular formula is C28H34F3N3O4. The molecule has 0 spiro atoms. The van der Waals surface area contributed by atoms with Crippen LogP contribution in [0.15, 0.2) is 54.6 Å². The Morgan fingerprint density at radius 3 is 2.34 bits per heavy atom. The van der Waals surface area contributed by atoms with Crippen molar-refractivity contribution in [1.29, 1.82) is 0 Å². The van der Waals surface area contributed by atoms with E-state index in [2.05, 4.69) is 5.32 Å². The summed E-state index contributed by atoms with van der Waals surface area (Å²) in [4.78, 5) is 40.7. The van der Waals surface area contributed by atoms with Gasteiger partial charge in [0, 0.05) is 6.54 Å². The number of hydrogen-bond acceptors (Lipinski definition) is 5. The molecule has 206 valence electrons. The molecule has 0 radical (unpaired) electrons. The fourth-order valence-corrected chi connectivity index (χ4v) is 4.40. The van der Waals surface area contributed by atoms with Gasteiger partial charge in [-0.25, -0.2) is 4.79 Å². The predicted octanol–water partition coefficient (Wildman–Crippen LogP) is 3.84. The van der Waals surface area contributed by atoms with Gasteiger partial charge in [-0.05, 0) is 48.4 Å². The number of nitrogens with zero attached hydrogens (tertiary/aromatic N) is 1. The third-order valence-electron chi connectivity index (χ3n) is 6.88. The number of hydrogen-bond donors (Lipinski definition) is 2. The zero-order valence-electron chi connectivity index (χ0n) is 21.5. The van der Waals surface area contributed by atoms with E-state index in [1.54, 1.807) is 0 Å². The maximum atomic E-state index is 13.5. The lowest BCUT2D eigenvalue weighted by Gasteiger charge is -2.31. The molecule has 2 amide bonds. The van der Waals surface area contributed by atoms with E-state index in [9.17, 15) is 27.6 Å². The number of carbonyl (C=O) groups is 3. The van der Waals surface area contributed by atoms with Gasteiger partial charge in [0.15, 0.2) is 0 Å². The van der Waals surface area contributed by atoms with Crippen LogP contribution in [0, 0.1) is 5.92 Å². The smallest absolute Gasteiger partial charge is 0.416 e. The van der Waals surface area contributed by atoms with Crippen LogP contribution in [0.25, 0.3) is 0 Å². The van der Waals surface area contributed by atoms with Crippen LogP contribution in [0.1, 0.15) is 49.8 Å². The van der Waals surface area contributed by atoms with E-state index in [0.717, 1.165) is 17.7 Å². The molecule has 0 aliphatic carbocycles. The van der Waals surface area contributed by atoms with Gasteiger partial charge in [0.1, 0.15) is 18.7 Å².